The molecule has 2 aromatic carbocycles. The summed E-state index contributed by atoms with van der Waals surface area (Å²) in [5.41, 5.74) is 2.89. The summed E-state index contributed by atoms with van der Waals surface area (Å²) < 4.78 is 10.4. The number of hydrogen-bond acceptors (Lipinski definition) is 4. The normalized spacial score (nSPS) is 10.9. The predicted molar refractivity (Wildman–Crippen MR) is 88.3 cm³/mol. The van der Waals surface area contributed by atoms with E-state index >= 15 is 0 Å². The summed E-state index contributed by atoms with van der Waals surface area (Å²) in [5, 5.41) is 0. The highest BCUT2D eigenvalue weighted by Gasteiger charge is 2.08. The van der Waals surface area contributed by atoms with Crippen LogP contribution in [0.1, 0.15) is 13.8 Å². The van der Waals surface area contributed by atoms with Gasteiger partial charge >= 0.3 is 5.97 Å². The molecule has 5 heteroatoms. The molecule has 0 aliphatic rings. The summed E-state index contributed by atoms with van der Waals surface area (Å²) in [6.45, 7) is 3.52. The molecule has 0 spiro atoms. The van der Waals surface area contributed by atoms with E-state index in [1.807, 2.05) is 48.5 Å². The number of nitrogens with zero attached hydrogens (tertiary/aromatic N) is 1. The van der Waals surface area contributed by atoms with E-state index in [9.17, 15) is 4.79 Å². The highest BCUT2D eigenvalue weighted by Crippen LogP contribution is 2.22. The minimum absolute atomic E-state index is 0.0951. The molecule has 0 aliphatic carbocycles. The molecule has 0 unspecified atom stereocenters. The van der Waals surface area contributed by atoms with Gasteiger partial charge in [0, 0.05) is 5.56 Å². The van der Waals surface area contributed by atoms with Gasteiger partial charge in [-0.25, -0.2) is 9.78 Å². The second-order valence-corrected chi connectivity index (χ2v) is 5.45. The molecule has 0 fully saturated rings. The Morgan fingerprint density at radius 1 is 1.13 bits per heavy atom. The largest absolute Gasteiger partial charge is 0.482 e. The van der Waals surface area contributed by atoms with Crippen LogP contribution in [0.25, 0.3) is 22.4 Å². The second-order valence-electron chi connectivity index (χ2n) is 5.45. The Bertz CT molecular complexity index is 774. The third-order valence-corrected chi connectivity index (χ3v) is 3.24. The molecule has 1 heterocycles. The summed E-state index contributed by atoms with van der Waals surface area (Å²) in [4.78, 5) is 19.3. The maximum atomic E-state index is 11.5. The number of hydrogen-bond donors (Lipinski definition) is 1. The van der Waals surface area contributed by atoms with Crippen molar-refractivity contribution in [1.29, 1.82) is 0 Å². The quantitative estimate of drug-likeness (QED) is 0.732. The average Bonchev–Trinajstić information content (AvgIpc) is 2.97. The van der Waals surface area contributed by atoms with E-state index < -0.39 is 0 Å². The van der Waals surface area contributed by atoms with Gasteiger partial charge in [0.05, 0.1) is 17.1 Å². The Morgan fingerprint density at radius 3 is 2.57 bits per heavy atom. The zero-order valence-corrected chi connectivity index (χ0v) is 13.1. The summed E-state index contributed by atoms with van der Waals surface area (Å²) in [6, 6.07) is 15.3. The SMILES string of the molecule is CC(C)OC(=O)COc1ccc(-c2nc3ccccc3[nH]2)cc1. The zero-order valence-electron chi connectivity index (χ0n) is 13.1. The molecule has 5 nitrogen and oxygen atoms in total. The number of imidazole rings is 1. The first-order chi connectivity index (χ1) is 11.1. The number of ether oxygens (including phenoxy) is 2. The van der Waals surface area contributed by atoms with Crippen molar-refractivity contribution in [2.45, 2.75) is 20.0 Å². The molecule has 3 aromatic rings. The summed E-state index contributed by atoms with van der Waals surface area (Å²) in [7, 11) is 0. The molecule has 0 saturated carbocycles. The lowest BCUT2D eigenvalue weighted by Gasteiger charge is -2.09. The van der Waals surface area contributed by atoms with E-state index in [4.69, 9.17) is 9.47 Å². The zero-order chi connectivity index (χ0) is 16.2. The second kappa shape index (κ2) is 6.52. The number of benzene rings is 2. The first-order valence-electron chi connectivity index (χ1n) is 7.49. The van der Waals surface area contributed by atoms with Crippen molar-refractivity contribution in [1.82, 2.24) is 9.97 Å². The molecule has 0 radical (unpaired) electrons. The standard InChI is InChI=1S/C18H18N2O3/c1-12(2)23-17(21)11-22-14-9-7-13(8-10-14)18-19-15-5-3-4-6-16(15)20-18/h3-10,12H,11H2,1-2H3,(H,19,20). The fraction of sp³-hybridized carbons (Fsp3) is 0.222. The van der Waals surface area contributed by atoms with Gasteiger partial charge in [0.15, 0.2) is 6.61 Å². The van der Waals surface area contributed by atoms with E-state index in [2.05, 4.69) is 9.97 Å². The predicted octanol–water partition coefficient (Wildman–Crippen LogP) is 3.56. The summed E-state index contributed by atoms with van der Waals surface area (Å²) in [5.74, 6) is 1.05. The van der Waals surface area contributed by atoms with Gasteiger partial charge in [-0.05, 0) is 50.2 Å². The van der Waals surface area contributed by atoms with Crippen molar-refractivity contribution < 1.29 is 14.3 Å². The van der Waals surface area contributed by atoms with Gasteiger partial charge in [-0.2, -0.15) is 0 Å². The number of H-pyrrole nitrogens is 1. The van der Waals surface area contributed by atoms with Gasteiger partial charge in [0.1, 0.15) is 11.6 Å². The average molecular weight is 310 g/mol. The molecule has 0 saturated heterocycles. The first kappa shape index (κ1) is 15.1. The van der Waals surface area contributed by atoms with Crippen molar-refractivity contribution in [2.24, 2.45) is 0 Å². The Kier molecular flexibility index (Phi) is 4.28. The van der Waals surface area contributed by atoms with Crippen LogP contribution in [-0.2, 0) is 9.53 Å². The number of aromatic amines is 1. The van der Waals surface area contributed by atoms with Gasteiger partial charge < -0.3 is 14.5 Å². The molecule has 1 N–H and O–H groups in total. The van der Waals surface area contributed by atoms with Crippen molar-refractivity contribution in [3.63, 3.8) is 0 Å². The van der Waals surface area contributed by atoms with E-state index in [0.717, 1.165) is 22.4 Å². The molecular formula is C18H18N2O3. The lowest BCUT2D eigenvalue weighted by Crippen LogP contribution is -2.18. The lowest BCUT2D eigenvalue weighted by molar-refractivity contribution is -0.149. The monoisotopic (exact) mass is 310 g/mol. The van der Waals surface area contributed by atoms with Crippen LogP contribution in [0.15, 0.2) is 48.5 Å². The van der Waals surface area contributed by atoms with Crippen LogP contribution in [0.4, 0.5) is 0 Å². The van der Waals surface area contributed by atoms with Gasteiger partial charge in [-0.15, -0.1) is 0 Å². The third kappa shape index (κ3) is 3.69. The third-order valence-electron chi connectivity index (χ3n) is 3.24. The van der Waals surface area contributed by atoms with Crippen LogP contribution in [0.2, 0.25) is 0 Å². The Morgan fingerprint density at radius 2 is 1.87 bits per heavy atom. The number of esters is 1. The molecule has 23 heavy (non-hydrogen) atoms. The van der Waals surface area contributed by atoms with E-state index in [-0.39, 0.29) is 18.7 Å². The molecule has 0 atom stereocenters. The number of carbonyl (C=O) groups excluding carboxylic acids is 1. The van der Waals surface area contributed by atoms with Crippen LogP contribution in [0.5, 0.6) is 5.75 Å². The summed E-state index contributed by atoms with van der Waals surface area (Å²) >= 11 is 0. The minimum Gasteiger partial charge on any atom is -0.482 e. The molecule has 0 amide bonds. The molecular weight excluding hydrogens is 292 g/mol. The minimum atomic E-state index is -0.374. The Hall–Kier alpha value is -2.82. The van der Waals surface area contributed by atoms with Crippen molar-refractivity contribution in [3.8, 4) is 17.1 Å². The van der Waals surface area contributed by atoms with Crippen molar-refractivity contribution in [3.05, 3.63) is 48.5 Å². The maximum absolute atomic E-state index is 11.5. The fourth-order valence-electron chi connectivity index (χ4n) is 2.24. The first-order valence-corrected chi connectivity index (χ1v) is 7.49. The maximum Gasteiger partial charge on any atom is 0.344 e. The lowest BCUT2D eigenvalue weighted by atomic mass is 10.2. The number of rotatable bonds is 5. The van der Waals surface area contributed by atoms with Crippen LogP contribution in [0, 0.1) is 0 Å². The molecule has 3 rings (SSSR count). The summed E-state index contributed by atoms with van der Waals surface area (Å²) in [6.07, 6.45) is -0.137. The molecule has 118 valence electrons. The van der Waals surface area contributed by atoms with Crippen LogP contribution < -0.4 is 4.74 Å². The molecule has 1 aromatic heterocycles. The van der Waals surface area contributed by atoms with Gasteiger partial charge in [-0.3, -0.25) is 0 Å². The number of para-hydroxylation sites is 2. The Labute approximate surface area is 134 Å². The smallest absolute Gasteiger partial charge is 0.344 e. The Balaban J connectivity index is 1.68. The number of fused-ring (bicyclic) bond motifs is 1. The van der Waals surface area contributed by atoms with Crippen LogP contribution in [-0.4, -0.2) is 28.6 Å². The topological polar surface area (TPSA) is 64.2 Å². The van der Waals surface area contributed by atoms with Crippen LogP contribution in [0.3, 0.4) is 0 Å². The van der Waals surface area contributed by atoms with Crippen molar-refractivity contribution >= 4 is 17.0 Å². The van der Waals surface area contributed by atoms with E-state index in [1.165, 1.54) is 0 Å². The number of aromatic nitrogens is 2. The van der Waals surface area contributed by atoms with Gasteiger partial charge in [0.25, 0.3) is 0 Å². The van der Waals surface area contributed by atoms with E-state index in [0.29, 0.717) is 5.75 Å². The van der Waals surface area contributed by atoms with Gasteiger partial charge in [-0.1, -0.05) is 12.1 Å². The van der Waals surface area contributed by atoms with E-state index in [1.54, 1.807) is 13.8 Å². The van der Waals surface area contributed by atoms with Crippen LogP contribution >= 0.6 is 0 Å². The molecule has 0 bridgehead atoms. The van der Waals surface area contributed by atoms with Gasteiger partial charge in [0.2, 0.25) is 0 Å². The highest BCUT2D eigenvalue weighted by molar-refractivity contribution is 5.79. The highest BCUT2D eigenvalue weighted by atomic mass is 16.6. The number of carbonyl (C=O) groups is 1. The number of nitrogens with one attached hydrogen (secondary N) is 1. The van der Waals surface area contributed by atoms with Crippen molar-refractivity contribution in [2.75, 3.05) is 6.61 Å². The molecule has 0 aliphatic heterocycles. The fourth-order valence-corrected chi connectivity index (χ4v) is 2.24.